The topological polar surface area (TPSA) is 39.9 Å². The average molecular weight is 275 g/mol. The molecule has 0 spiro atoms. The van der Waals surface area contributed by atoms with Gasteiger partial charge >= 0.3 is 0 Å². The average Bonchev–Trinajstić information content (AvgIpc) is 2.96. The molecule has 0 saturated carbocycles. The highest BCUT2D eigenvalue weighted by Crippen LogP contribution is 2.25. The molecule has 4 aromatic rings. The largest absolute Gasteiger partial charge is 0.471 e. The van der Waals surface area contributed by atoms with E-state index in [1.54, 1.807) is 4.68 Å². The zero-order valence-corrected chi connectivity index (χ0v) is 11.3. The van der Waals surface area contributed by atoms with Gasteiger partial charge in [0.05, 0.1) is 5.52 Å². The molecule has 4 nitrogen and oxygen atoms in total. The van der Waals surface area contributed by atoms with Crippen molar-refractivity contribution in [3.8, 4) is 5.75 Å². The van der Waals surface area contributed by atoms with Gasteiger partial charge in [0, 0.05) is 5.39 Å². The van der Waals surface area contributed by atoms with Crippen LogP contribution in [0.4, 0.5) is 0 Å². The quantitative estimate of drug-likeness (QED) is 0.573. The predicted octanol–water partition coefficient (Wildman–Crippen LogP) is 3.62. The maximum Gasteiger partial charge on any atom is 0.183 e. The van der Waals surface area contributed by atoms with E-state index in [1.807, 2.05) is 48.5 Å². The molecule has 0 fully saturated rings. The van der Waals surface area contributed by atoms with Crippen LogP contribution in [0.15, 0.2) is 66.7 Å². The third-order valence-electron chi connectivity index (χ3n) is 3.51. The zero-order chi connectivity index (χ0) is 14.1. The van der Waals surface area contributed by atoms with Crippen molar-refractivity contribution in [2.24, 2.45) is 0 Å². The van der Waals surface area contributed by atoms with Crippen molar-refractivity contribution in [2.75, 3.05) is 0 Å². The summed E-state index contributed by atoms with van der Waals surface area (Å²) in [5, 5.41) is 10.5. The lowest BCUT2D eigenvalue weighted by molar-refractivity contribution is 0.226. The number of para-hydroxylation sites is 1. The summed E-state index contributed by atoms with van der Waals surface area (Å²) in [4.78, 5) is 0. The first-order chi connectivity index (χ1) is 10.4. The molecule has 21 heavy (non-hydrogen) atoms. The summed E-state index contributed by atoms with van der Waals surface area (Å²) in [6, 6.07) is 22.1. The summed E-state index contributed by atoms with van der Waals surface area (Å²) >= 11 is 0. The van der Waals surface area contributed by atoms with Crippen LogP contribution in [-0.4, -0.2) is 15.0 Å². The number of benzene rings is 3. The van der Waals surface area contributed by atoms with Gasteiger partial charge in [0.1, 0.15) is 11.3 Å². The summed E-state index contributed by atoms with van der Waals surface area (Å²) in [5.74, 6) is 0.854. The summed E-state index contributed by atoms with van der Waals surface area (Å²) in [6.45, 7) is 0.342. The first-order valence-corrected chi connectivity index (χ1v) is 6.80. The Morgan fingerprint density at radius 2 is 1.67 bits per heavy atom. The van der Waals surface area contributed by atoms with Gasteiger partial charge in [-0.25, -0.2) is 4.68 Å². The zero-order valence-electron chi connectivity index (χ0n) is 11.3. The fraction of sp³-hybridized carbons (Fsp3) is 0.0588. The molecule has 0 N–H and O–H groups in total. The molecule has 0 radical (unpaired) electrons. The summed E-state index contributed by atoms with van der Waals surface area (Å²) in [7, 11) is 0. The number of ether oxygens (including phenoxy) is 1. The smallest absolute Gasteiger partial charge is 0.183 e. The van der Waals surface area contributed by atoms with E-state index in [0.29, 0.717) is 6.73 Å². The van der Waals surface area contributed by atoms with Crippen molar-refractivity contribution >= 4 is 21.8 Å². The monoisotopic (exact) mass is 275 g/mol. The summed E-state index contributed by atoms with van der Waals surface area (Å²) < 4.78 is 7.69. The molecule has 0 amide bonds. The normalized spacial score (nSPS) is 11.0. The molecule has 0 unspecified atom stereocenters. The Morgan fingerprint density at radius 1 is 0.857 bits per heavy atom. The second-order valence-corrected chi connectivity index (χ2v) is 4.83. The number of fused-ring (bicyclic) bond motifs is 2. The molecular formula is C17H13N3O. The highest BCUT2D eigenvalue weighted by atomic mass is 16.5. The molecular weight excluding hydrogens is 262 g/mol. The van der Waals surface area contributed by atoms with E-state index in [-0.39, 0.29) is 0 Å². The Labute approximate surface area is 121 Å². The fourth-order valence-corrected chi connectivity index (χ4v) is 2.46. The molecule has 0 saturated heterocycles. The maximum absolute atomic E-state index is 5.93. The molecule has 102 valence electrons. The first-order valence-electron chi connectivity index (χ1n) is 6.80. The minimum atomic E-state index is 0.342. The van der Waals surface area contributed by atoms with E-state index in [9.17, 15) is 0 Å². The number of aromatic nitrogens is 3. The highest BCUT2D eigenvalue weighted by Gasteiger charge is 2.05. The molecule has 4 rings (SSSR count). The predicted molar refractivity (Wildman–Crippen MR) is 82.1 cm³/mol. The Morgan fingerprint density at radius 3 is 2.67 bits per heavy atom. The second kappa shape index (κ2) is 4.90. The lowest BCUT2D eigenvalue weighted by Gasteiger charge is -2.09. The Bertz CT molecular complexity index is 909. The molecule has 4 heteroatoms. The van der Waals surface area contributed by atoms with Crippen LogP contribution in [0.2, 0.25) is 0 Å². The summed E-state index contributed by atoms with van der Waals surface area (Å²) in [6.07, 6.45) is 0. The minimum absolute atomic E-state index is 0.342. The van der Waals surface area contributed by atoms with Gasteiger partial charge < -0.3 is 4.74 Å². The molecule has 0 atom stereocenters. The highest BCUT2D eigenvalue weighted by molar-refractivity contribution is 5.88. The fourth-order valence-electron chi connectivity index (χ4n) is 2.46. The SMILES string of the molecule is c1ccc2c(OCn3nnc4ccccc43)cccc2c1. The number of rotatable bonds is 3. The molecule has 0 aliphatic heterocycles. The van der Waals surface area contributed by atoms with Crippen LogP contribution in [0.1, 0.15) is 0 Å². The van der Waals surface area contributed by atoms with Crippen LogP contribution >= 0.6 is 0 Å². The van der Waals surface area contributed by atoms with Crippen molar-refractivity contribution in [3.63, 3.8) is 0 Å². The van der Waals surface area contributed by atoms with E-state index in [2.05, 4.69) is 28.5 Å². The third kappa shape index (κ3) is 2.10. The molecule has 1 heterocycles. The number of hydrogen-bond acceptors (Lipinski definition) is 3. The lowest BCUT2D eigenvalue weighted by Crippen LogP contribution is -2.07. The van der Waals surface area contributed by atoms with Gasteiger partial charge in [0.2, 0.25) is 0 Å². The van der Waals surface area contributed by atoms with Crippen molar-refractivity contribution < 1.29 is 4.74 Å². The van der Waals surface area contributed by atoms with Crippen molar-refractivity contribution in [3.05, 3.63) is 66.7 Å². The number of hydrogen-bond donors (Lipinski definition) is 0. The van der Waals surface area contributed by atoms with Gasteiger partial charge in [-0.15, -0.1) is 5.10 Å². The van der Waals surface area contributed by atoms with Crippen LogP contribution in [0.25, 0.3) is 21.8 Å². The van der Waals surface area contributed by atoms with Crippen LogP contribution in [0.3, 0.4) is 0 Å². The van der Waals surface area contributed by atoms with Crippen LogP contribution < -0.4 is 4.74 Å². The van der Waals surface area contributed by atoms with E-state index in [4.69, 9.17) is 4.74 Å². The van der Waals surface area contributed by atoms with E-state index >= 15 is 0 Å². The maximum atomic E-state index is 5.93. The van der Waals surface area contributed by atoms with Crippen molar-refractivity contribution in [1.29, 1.82) is 0 Å². The number of nitrogens with zero attached hydrogens (tertiary/aromatic N) is 3. The molecule has 1 aromatic heterocycles. The van der Waals surface area contributed by atoms with E-state index < -0.39 is 0 Å². The lowest BCUT2D eigenvalue weighted by atomic mass is 10.1. The van der Waals surface area contributed by atoms with Crippen molar-refractivity contribution in [1.82, 2.24) is 15.0 Å². The Hall–Kier alpha value is -2.88. The third-order valence-corrected chi connectivity index (χ3v) is 3.51. The van der Waals surface area contributed by atoms with E-state index in [1.165, 1.54) is 5.39 Å². The van der Waals surface area contributed by atoms with Gasteiger partial charge in [0.25, 0.3) is 0 Å². The van der Waals surface area contributed by atoms with Gasteiger partial charge in [-0.05, 0) is 23.6 Å². The first kappa shape index (κ1) is 11.9. The van der Waals surface area contributed by atoms with Crippen LogP contribution in [0.5, 0.6) is 5.75 Å². The molecule has 3 aromatic carbocycles. The van der Waals surface area contributed by atoms with Gasteiger partial charge in [0.15, 0.2) is 6.73 Å². The van der Waals surface area contributed by atoms with Crippen molar-refractivity contribution in [2.45, 2.75) is 6.73 Å². The van der Waals surface area contributed by atoms with Crippen LogP contribution in [-0.2, 0) is 6.73 Å². The summed E-state index contributed by atoms with van der Waals surface area (Å²) in [5.41, 5.74) is 1.84. The van der Waals surface area contributed by atoms with Gasteiger partial charge in [-0.2, -0.15) is 0 Å². The Balaban J connectivity index is 1.67. The van der Waals surface area contributed by atoms with Gasteiger partial charge in [-0.1, -0.05) is 53.7 Å². The van der Waals surface area contributed by atoms with Crippen LogP contribution in [0, 0.1) is 0 Å². The molecule has 0 aliphatic rings. The second-order valence-electron chi connectivity index (χ2n) is 4.83. The van der Waals surface area contributed by atoms with E-state index in [0.717, 1.165) is 22.2 Å². The molecule has 0 aliphatic carbocycles. The Kier molecular flexibility index (Phi) is 2.78. The van der Waals surface area contributed by atoms with Gasteiger partial charge in [-0.3, -0.25) is 0 Å². The minimum Gasteiger partial charge on any atom is -0.471 e. The standard InChI is InChI=1S/C17H13N3O/c1-2-8-14-13(6-1)7-5-11-17(14)21-12-20-16-10-4-3-9-15(16)18-19-20/h1-11H,12H2. The molecule has 0 bridgehead atoms.